The minimum atomic E-state index is -0.254. The number of nitrogens with one attached hydrogen (secondary N) is 2. The number of hydrogen-bond acceptors (Lipinski definition) is 3. The summed E-state index contributed by atoms with van der Waals surface area (Å²) in [6.07, 6.45) is 0.348. The largest absolute Gasteiger partial charge is 0.349 e. The Kier molecular flexibility index (Phi) is 7.07. The van der Waals surface area contributed by atoms with Crippen molar-refractivity contribution in [1.29, 1.82) is 0 Å². The van der Waals surface area contributed by atoms with Crippen LogP contribution in [0.4, 0.5) is 5.69 Å². The molecule has 5 nitrogen and oxygen atoms in total. The predicted molar refractivity (Wildman–Crippen MR) is 113 cm³/mol. The van der Waals surface area contributed by atoms with Crippen LogP contribution in [0.1, 0.15) is 41.3 Å². The number of amides is 2. The van der Waals surface area contributed by atoms with Gasteiger partial charge < -0.3 is 10.2 Å². The van der Waals surface area contributed by atoms with Crippen molar-refractivity contribution in [3.05, 3.63) is 65.2 Å². The first kappa shape index (κ1) is 20.6. The standard InChI is InChI=1S/C21H25N3O2S/c1-14(2)16-7-9-17(10-8-16)20(26)23-21(27)22-18-11-5-15(6-12-18)13-19(25)24(3)4/h5-12,14H,13H2,1-4H3,(H2,22,23,26,27). The third-order valence-corrected chi connectivity index (χ3v) is 4.34. The molecule has 0 spiro atoms. The molecule has 2 aromatic rings. The van der Waals surface area contributed by atoms with Crippen LogP contribution in [0.3, 0.4) is 0 Å². The molecule has 0 atom stereocenters. The lowest BCUT2D eigenvalue weighted by atomic mass is 10.0. The highest BCUT2D eigenvalue weighted by molar-refractivity contribution is 7.80. The van der Waals surface area contributed by atoms with E-state index in [1.807, 2.05) is 36.4 Å². The molecule has 2 amide bonds. The van der Waals surface area contributed by atoms with Crippen molar-refractivity contribution in [3.63, 3.8) is 0 Å². The van der Waals surface area contributed by atoms with Crippen LogP contribution in [-0.4, -0.2) is 35.9 Å². The molecule has 0 heterocycles. The normalized spacial score (nSPS) is 10.4. The van der Waals surface area contributed by atoms with Crippen molar-refractivity contribution in [2.45, 2.75) is 26.2 Å². The van der Waals surface area contributed by atoms with Crippen LogP contribution in [0, 0.1) is 0 Å². The molecule has 0 aliphatic rings. The molecule has 142 valence electrons. The Hall–Kier alpha value is -2.73. The Morgan fingerprint density at radius 3 is 2.11 bits per heavy atom. The number of benzene rings is 2. The molecule has 0 aliphatic heterocycles. The summed E-state index contributed by atoms with van der Waals surface area (Å²) in [6.45, 7) is 4.21. The van der Waals surface area contributed by atoms with Crippen molar-refractivity contribution >= 4 is 34.8 Å². The van der Waals surface area contributed by atoms with Gasteiger partial charge in [-0.25, -0.2) is 0 Å². The quantitative estimate of drug-likeness (QED) is 0.775. The third-order valence-electron chi connectivity index (χ3n) is 4.13. The fourth-order valence-corrected chi connectivity index (χ4v) is 2.61. The molecule has 27 heavy (non-hydrogen) atoms. The molecule has 0 saturated carbocycles. The van der Waals surface area contributed by atoms with E-state index in [2.05, 4.69) is 24.5 Å². The Balaban J connectivity index is 1.91. The highest BCUT2D eigenvalue weighted by Crippen LogP contribution is 2.15. The molecule has 2 aromatic carbocycles. The van der Waals surface area contributed by atoms with Gasteiger partial charge in [-0.1, -0.05) is 38.1 Å². The maximum atomic E-state index is 12.3. The lowest BCUT2D eigenvalue weighted by Crippen LogP contribution is -2.34. The Labute approximate surface area is 165 Å². The summed E-state index contributed by atoms with van der Waals surface area (Å²) in [7, 11) is 3.46. The van der Waals surface area contributed by atoms with E-state index in [1.165, 1.54) is 5.56 Å². The Bertz CT molecular complexity index is 812. The Morgan fingerprint density at radius 1 is 1.00 bits per heavy atom. The second kappa shape index (κ2) is 9.28. The van der Waals surface area contributed by atoms with E-state index in [4.69, 9.17) is 12.2 Å². The van der Waals surface area contributed by atoms with Gasteiger partial charge in [0.25, 0.3) is 5.91 Å². The average molecular weight is 384 g/mol. The van der Waals surface area contributed by atoms with Crippen molar-refractivity contribution in [3.8, 4) is 0 Å². The smallest absolute Gasteiger partial charge is 0.257 e. The Morgan fingerprint density at radius 2 is 1.59 bits per heavy atom. The van der Waals surface area contributed by atoms with Crippen LogP contribution in [0.5, 0.6) is 0 Å². The van der Waals surface area contributed by atoms with Gasteiger partial charge >= 0.3 is 0 Å². The molecule has 6 heteroatoms. The highest BCUT2D eigenvalue weighted by atomic mass is 32.1. The summed E-state index contributed by atoms with van der Waals surface area (Å²) in [5.41, 5.74) is 3.40. The van der Waals surface area contributed by atoms with Crippen molar-refractivity contribution in [2.24, 2.45) is 0 Å². The molecular formula is C21H25N3O2S. The SMILES string of the molecule is CC(C)c1ccc(C(=O)NC(=S)Nc2ccc(CC(=O)N(C)C)cc2)cc1. The van der Waals surface area contributed by atoms with E-state index in [9.17, 15) is 9.59 Å². The molecule has 0 aliphatic carbocycles. The zero-order chi connectivity index (χ0) is 20.0. The molecular weight excluding hydrogens is 358 g/mol. The first-order valence-corrected chi connectivity index (χ1v) is 9.18. The number of rotatable bonds is 5. The third kappa shape index (κ3) is 6.18. The summed E-state index contributed by atoms with van der Waals surface area (Å²) in [6, 6.07) is 14.9. The first-order chi connectivity index (χ1) is 12.8. The summed E-state index contributed by atoms with van der Waals surface area (Å²) in [4.78, 5) is 25.6. The highest BCUT2D eigenvalue weighted by Gasteiger charge is 2.09. The van der Waals surface area contributed by atoms with Crippen LogP contribution < -0.4 is 10.6 Å². The van der Waals surface area contributed by atoms with E-state index in [-0.39, 0.29) is 16.9 Å². The number of nitrogens with zero attached hydrogens (tertiary/aromatic N) is 1. The topological polar surface area (TPSA) is 61.4 Å². The monoisotopic (exact) mass is 383 g/mol. The lowest BCUT2D eigenvalue weighted by molar-refractivity contribution is -0.127. The summed E-state index contributed by atoms with van der Waals surface area (Å²) in [5, 5.41) is 5.88. The van der Waals surface area contributed by atoms with Gasteiger partial charge in [0.05, 0.1) is 6.42 Å². The van der Waals surface area contributed by atoms with Crippen LogP contribution >= 0.6 is 12.2 Å². The van der Waals surface area contributed by atoms with Gasteiger partial charge in [0.1, 0.15) is 0 Å². The fraction of sp³-hybridized carbons (Fsp3) is 0.286. The molecule has 0 aromatic heterocycles. The van der Waals surface area contributed by atoms with E-state index in [1.54, 1.807) is 31.1 Å². The second-order valence-electron chi connectivity index (χ2n) is 6.85. The van der Waals surface area contributed by atoms with Gasteiger partial charge in [-0.05, 0) is 53.5 Å². The molecule has 0 saturated heterocycles. The molecule has 0 unspecified atom stereocenters. The second-order valence-corrected chi connectivity index (χ2v) is 7.26. The van der Waals surface area contributed by atoms with Gasteiger partial charge in [-0.15, -0.1) is 0 Å². The van der Waals surface area contributed by atoms with Gasteiger partial charge in [-0.2, -0.15) is 0 Å². The zero-order valence-corrected chi connectivity index (χ0v) is 16.9. The molecule has 2 N–H and O–H groups in total. The number of likely N-dealkylation sites (N-methyl/N-ethyl adjacent to an activating group) is 1. The van der Waals surface area contributed by atoms with Crippen LogP contribution in [0.2, 0.25) is 0 Å². The van der Waals surface area contributed by atoms with Crippen LogP contribution in [0.15, 0.2) is 48.5 Å². The van der Waals surface area contributed by atoms with Gasteiger partial charge in [0, 0.05) is 25.3 Å². The van der Waals surface area contributed by atoms with Crippen LogP contribution in [-0.2, 0) is 11.2 Å². The van der Waals surface area contributed by atoms with E-state index in [0.717, 1.165) is 11.3 Å². The minimum Gasteiger partial charge on any atom is -0.349 e. The van der Waals surface area contributed by atoms with E-state index < -0.39 is 0 Å². The minimum absolute atomic E-state index is 0.0435. The number of hydrogen-bond donors (Lipinski definition) is 2. The molecule has 0 bridgehead atoms. The molecule has 0 fully saturated rings. The van der Waals surface area contributed by atoms with Crippen molar-refractivity contribution in [2.75, 3.05) is 19.4 Å². The predicted octanol–water partition coefficient (Wildman–Crippen LogP) is 3.57. The van der Waals surface area contributed by atoms with Crippen molar-refractivity contribution in [1.82, 2.24) is 10.2 Å². The summed E-state index contributed by atoms with van der Waals surface area (Å²) >= 11 is 5.21. The average Bonchev–Trinajstić information content (AvgIpc) is 2.63. The van der Waals surface area contributed by atoms with Gasteiger partial charge in [0.15, 0.2) is 5.11 Å². The first-order valence-electron chi connectivity index (χ1n) is 8.77. The zero-order valence-electron chi connectivity index (χ0n) is 16.1. The molecule has 0 radical (unpaired) electrons. The van der Waals surface area contributed by atoms with Crippen LogP contribution in [0.25, 0.3) is 0 Å². The summed E-state index contributed by atoms with van der Waals surface area (Å²) in [5.74, 6) is 0.207. The lowest BCUT2D eigenvalue weighted by Gasteiger charge is -2.12. The van der Waals surface area contributed by atoms with Gasteiger partial charge in [0.2, 0.25) is 5.91 Å². The number of carbonyl (C=O) groups excluding carboxylic acids is 2. The van der Waals surface area contributed by atoms with E-state index in [0.29, 0.717) is 17.9 Å². The number of thiocarbonyl (C=S) groups is 1. The van der Waals surface area contributed by atoms with Crippen molar-refractivity contribution < 1.29 is 9.59 Å². The molecule has 2 rings (SSSR count). The number of carbonyl (C=O) groups is 2. The maximum Gasteiger partial charge on any atom is 0.257 e. The summed E-state index contributed by atoms with van der Waals surface area (Å²) < 4.78 is 0. The fourth-order valence-electron chi connectivity index (χ4n) is 2.40. The maximum absolute atomic E-state index is 12.3. The number of anilines is 1. The van der Waals surface area contributed by atoms with E-state index >= 15 is 0 Å². The van der Waals surface area contributed by atoms with Gasteiger partial charge in [-0.3, -0.25) is 14.9 Å².